The van der Waals surface area contributed by atoms with Crippen LogP contribution in [0.15, 0.2) is 36.9 Å². The van der Waals surface area contributed by atoms with Gasteiger partial charge < -0.3 is 10.1 Å². The van der Waals surface area contributed by atoms with Gasteiger partial charge in [-0.2, -0.15) is 13.2 Å². The number of ether oxygens (including phenoxy) is 1. The molecule has 132 valence electrons. The second-order valence-electron chi connectivity index (χ2n) is 5.23. The third-order valence-electron chi connectivity index (χ3n) is 3.37. The minimum atomic E-state index is -4.41. The lowest BCUT2D eigenvalue weighted by Gasteiger charge is -2.16. The molecule has 0 fully saturated rings. The molecule has 0 saturated carbocycles. The molecule has 0 saturated heterocycles. The number of rotatable bonds is 8. The van der Waals surface area contributed by atoms with Gasteiger partial charge in [0, 0.05) is 0 Å². The molecule has 0 unspecified atom stereocenters. The molecule has 1 atom stereocenters. The zero-order chi connectivity index (χ0) is 18.2. The van der Waals surface area contributed by atoms with Crippen molar-refractivity contribution in [2.75, 3.05) is 7.11 Å². The van der Waals surface area contributed by atoms with Gasteiger partial charge in [-0.05, 0) is 37.0 Å². The van der Waals surface area contributed by atoms with Gasteiger partial charge >= 0.3 is 12.1 Å². The van der Waals surface area contributed by atoms with Gasteiger partial charge in [0.05, 0.1) is 19.1 Å². The lowest BCUT2D eigenvalue weighted by atomic mass is 10.1. The Hall–Kier alpha value is -2.31. The number of alkyl halides is 3. The Morgan fingerprint density at radius 3 is 2.42 bits per heavy atom. The van der Waals surface area contributed by atoms with Crippen LogP contribution in [-0.4, -0.2) is 25.0 Å². The number of allylic oxidation sites excluding steroid dienone is 1. The highest BCUT2D eigenvalue weighted by atomic mass is 19.4. The Morgan fingerprint density at radius 2 is 1.92 bits per heavy atom. The molecule has 0 aliphatic rings. The molecular formula is C17H20F3NO3. The van der Waals surface area contributed by atoms with Gasteiger partial charge in [0.1, 0.15) is 6.04 Å². The summed E-state index contributed by atoms with van der Waals surface area (Å²) in [5.41, 5.74) is -0.348. The van der Waals surface area contributed by atoms with Crippen LogP contribution in [0.2, 0.25) is 0 Å². The summed E-state index contributed by atoms with van der Waals surface area (Å²) >= 11 is 0. The van der Waals surface area contributed by atoms with E-state index in [9.17, 15) is 22.8 Å². The number of carbonyl (C=O) groups excluding carboxylic acids is 2. The minimum absolute atomic E-state index is 0.118. The Labute approximate surface area is 138 Å². The van der Waals surface area contributed by atoms with Crippen molar-refractivity contribution in [3.63, 3.8) is 0 Å². The smallest absolute Gasteiger partial charge is 0.416 e. The van der Waals surface area contributed by atoms with Gasteiger partial charge in [0.15, 0.2) is 0 Å². The van der Waals surface area contributed by atoms with Crippen LogP contribution >= 0.6 is 0 Å². The molecule has 1 rings (SSSR count). The predicted octanol–water partition coefficient (Wildman–Crippen LogP) is 3.26. The Kier molecular flexibility index (Phi) is 7.48. The number of nitrogens with one attached hydrogen (secondary N) is 1. The van der Waals surface area contributed by atoms with Gasteiger partial charge in [-0.3, -0.25) is 4.79 Å². The molecule has 1 aromatic carbocycles. The Bertz CT molecular complexity index is 567. The largest absolute Gasteiger partial charge is 0.467 e. The third-order valence-corrected chi connectivity index (χ3v) is 3.37. The second-order valence-corrected chi connectivity index (χ2v) is 5.23. The molecule has 0 bridgehead atoms. The number of unbranched alkanes of at least 4 members (excludes halogenated alkanes) is 1. The monoisotopic (exact) mass is 343 g/mol. The molecule has 0 aromatic heterocycles. The lowest BCUT2D eigenvalue weighted by molar-refractivity contribution is -0.145. The van der Waals surface area contributed by atoms with Crippen molar-refractivity contribution in [1.82, 2.24) is 5.32 Å². The first-order valence-electron chi connectivity index (χ1n) is 7.42. The van der Waals surface area contributed by atoms with E-state index in [0.717, 1.165) is 12.1 Å². The number of carbonyl (C=O) groups is 2. The molecule has 0 aliphatic heterocycles. The highest BCUT2D eigenvalue weighted by Gasteiger charge is 2.30. The average Bonchev–Trinajstić information content (AvgIpc) is 2.53. The van der Waals surface area contributed by atoms with Crippen LogP contribution in [-0.2, 0) is 26.9 Å². The predicted molar refractivity (Wildman–Crippen MR) is 83.1 cm³/mol. The van der Waals surface area contributed by atoms with Crippen LogP contribution in [0.5, 0.6) is 0 Å². The van der Waals surface area contributed by atoms with E-state index in [1.165, 1.54) is 19.2 Å². The first kappa shape index (κ1) is 19.7. The van der Waals surface area contributed by atoms with E-state index in [-0.39, 0.29) is 6.42 Å². The van der Waals surface area contributed by atoms with Crippen molar-refractivity contribution in [2.45, 2.75) is 37.9 Å². The zero-order valence-electron chi connectivity index (χ0n) is 13.4. The zero-order valence-corrected chi connectivity index (χ0v) is 13.4. The van der Waals surface area contributed by atoms with E-state index in [0.29, 0.717) is 24.8 Å². The van der Waals surface area contributed by atoms with Gasteiger partial charge in [0.25, 0.3) is 0 Å². The minimum Gasteiger partial charge on any atom is -0.467 e. The molecule has 1 N–H and O–H groups in total. The van der Waals surface area contributed by atoms with Gasteiger partial charge in [0.2, 0.25) is 5.91 Å². The Morgan fingerprint density at radius 1 is 1.29 bits per heavy atom. The van der Waals surface area contributed by atoms with E-state index in [1.807, 2.05) is 0 Å². The van der Waals surface area contributed by atoms with E-state index in [4.69, 9.17) is 0 Å². The normalized spacial score (nSPS) is 12.3. The third kappa shape index (κ3) is 6.44. The SMILES string of the molecule is C=CCCC[C@@H](NC(=O)Cc1ccc(C(F)(F)F)cc1)C(=O)OC. The van der Waals surface area contributed by atoms with Crippen LogP contribution < -0.4 is 5.32 Å². The molecule has 7 heteroatoms. The Balaban J connectivity index is 2.64. The summed E-state index contributed by atoms with van der Waals surface area (Å²) in [5, 5.41) is 2.55. The number of halogens is 3. The van der Waals surface area contributed by atoms with Crippen molar-refractivity contribution in [1.29, 1.82) is 0 Å². The first-order valence-corrected chi connectivity index (χ1v) is 7.42. The van der Waals surface area contributed by atoms with Crippen molar-refractivity contribution >= 4 is 11.9 Å². The molecule has 1 amide bonds. The molecule has 4 nitrogen and oxygen atoms in total. The molecule has 24 heavy (non-hydrogen) atoms. The van der Waals surface area contributed by atoms with Gasteiger partial charge in [-0.1, -0.05) is 18.2 Å². The highest BCUT2D eigenvalue weighted by molar-refractivity contribution is 5.85. The van der Waals surface area contributed by atoms with Crippen LogP contribution in [0.1, 0.15) is 30.4 Å². The van der Waals surface area contributed by atoms with Crippen molar-refractivity contribution in [2.24, 2.45) is 0 Å². The molecule has 0 heterocycles. The van der Waals surface area contributed by atoms with Crippen LogP contribution in [0.4, 0.5) is 13.2 Å². The van der Waals surface area contributed by atoms with E-state index < -0.39 is 29.7 Å². The highest BCUT2D eigenvalue weighted by Crippen LogP contribution is 2.29. The summed E-state index contributed by atoms with van der Waals surface area (Å²) in [6, 6.07) is 3.55. The fourth-order valence-corrected chi connectivity index (χ4v) is 2.10. The molecule has 0 radical (unpaired) electrons. The topological polar surface area (TPSA) is 55.4 Å². The van der Waals surface area contributed by atoms with E-state index >= 15 is 0 Å². The first-order chi connectivity index (χ1) is 11.3. The fourth-order valence-electron chi connectivity index (χ4n) is 2.10. The van der Waals surface area contributed by atoms with Gasteiger partial charge in [-0.15, -0.1) is 6.58 Å². The number of hydrogen-bond donors (Lipinski definition) is 1. The standard InChI is InChI=1S/C17H20F3NO3/c1-3-4-5-6-14(16(23)24-2)21-15(22)11-12-7-9-13(10-8-12)17(18,19)20/h3,7-10,14H,1,4-6,11H2,2H3,(H,21,22)/t14-/m1/s1. The number of methoxy groups -OCH3 is 1. The lowest BCUT2D eigenvalue weighted by Crippen LogP contribution is -2.42. The summed E-state index contributed by atoms with van der Waals surface area (Å²) in [6.07, 6.45) is -1.07. The summed E-state index contributed by atoms with van der Waals surface area (Å²) < 4.78 is 42.1. The number of benzene rings is 1. The molecule has 0 spiro atoms. The second kappa shape index (κ2) is 9.10. The summed E-state index contributed by atoms with van der Waals surface area (Å²) in [5.74, 6) is -1.01. The van der Waals surface area contributed by atoms with Crippen molar-refractivity contribution in [3.05, 3.63) is 48.0 Å². The van der Waals surface area contributed by atoms with Crippen molar-refractivity contribution < 1.29 is 27.5 Å². The number of esters is 1. The molecule has 0 aliphatic carbocycles. The van der Waals surface area contributed by atoms with Crippen LogP contribution in [0.3, 0.4) is 0 Å². The molecular weight excluding hydrogens is 323 g/mol. The summed E-state index contributed by atoms with van der Waals surface area (Å²) in [4.78, 5) is 23.7. The maximum atomic E-state index is 12.5. The number of amides is 1. The van der Waals surface area contributed by atoms with E-state index in [1.54, 1.807) is 6.08 Å². The summed E-state index contributed by atoms with van der Waals surface area (Å²) in [7, 11) is 1.23. The summed E-state index contributed by atoms with van der Waals surface area (Å²) in [6.45, 7) is 3.58. The maximum absolute atomic E-state index is 12.5. The van der Waals surface area contributed by atoms with Crippen molar-refractivity contribution in [3.8, 4) is 0 Å². The van der Waals surface area contributed by atoms with Crippen LogP contribution in [0, 0.1) is 0 Å². The van der Waals surface area contributed by atoms with E-state index in [2.05, 4.69) is 16.6 Å². The average molecular weight is 343 g/mol. The van der Waals surface area contributed by atoms with Crippen LogP contribution in [0.25, 0.3) is 0 Å². The quantitative estimate of drug-likeness (QED) is 0.448. The fraction of sp³-hybridized carbons (Fsp3) is 0.412. The molecule has 1 aromatic rings. The maximum Gasteiger partial charge on any atom is 0.416 e. The van der Waals surface area contributed by atoms with Gasteiger partial charge in [-0.25, -0.2) is 4.79 Å². The number of hydrogen-bond acceptors (Lipinski definition) is 3.